The van der Waals surface area contributed by atoms with Crippen LogP contribution in [-0.2, 0) is 6.42 Å². The Morgan fingerprint density at radius 1 is 1.25 bits per heavy atom. The van der Waals surface area contributed by atoms with E-state index in [2.05, 4.69) is 32.0 Å². The number of nitrogens with two attached hydrogens (primary N) is 1. The summed E-state index contributed by atoms with van der Waals surface area (Å²) in [5.41, 5.74) is 14.1. The first kappa shape index (κ1) is 24.4. The number of piperazine rings is 1. The molecule has 1 amide bonds. The van der Waals surface area contributed by atoms with Gasteiger partial charge in [0.25, 0.3) is 5.91 Å². The van der Waals surface area contributed by atoms with Crippen LogP contribution in [0.3, 0.4) is 0 Å². The molecule has 2 aliphatic rings. The lowest BCUT2D eigenvalue weighted by atomic mass is 9.99. The number of carbonyl (C=O) groups excluding carboxylic acids is 1. The summed E-state index contributed by atoms with van der Waals surface area (Å²) in [4.78, 5) is 20.8. The topological polar surface area (TPSA) is 98.5 Å². The standard InChI is InChI=1S/C25H29F2N7OS/c1-15-2-4-18-21(28)22(36-24(18)32-15)23(35)30-7-6-16-3-5-20(33-10-8-29-9-11-33)19(12-16)17-13-31-34(14-17)25(26)27/h2-5,12,14,25,29,31H,6-11,13,28H2,1H3,(H,30,35). The highest BCUT2D eigenvalue weighted by Crippen LogP contribution is 2.33. The SMILES string of the molecule is Cc1ccc2c(N)c(C(=O)NCCc3ccc(N4CCNCC4)c(C4=CN(C(F)F)NC4)c3)sc2n1. The molecule has 1 fully saturated rings. The van der Waals surface area contributed by atoms with Crippen molar-refractivity contribution in [3.8, 4) is 0 Å². The largest absolute Gasteiger partial charge is 0.397 e. The number of hydrogen-bond donors (Lipinski definition) is 4. The van der Waals surface area contributed by atoms with E-state index in [0.29, 0.717) is 30.1 Å². The molecule has 190 valence electrons. The summed E-state index contributed by atoms with van der Waals surface area (Å²) in [6.45, 7) is 3.52. The third-order valence-corrected chi connectivity index (χ3v) is 7.57. The van der Waals surface area contributed by atoms with Gasteiger partial charge in [-0.25, -0.2) is 10.4 Å². The Bertz CT molecular complexity index is 1300. The van der Waals surface area contributed by atoms with Crippen molar-refractivity contribution in [1.29, 1.82) is 0 Å². The second kappa shape index (κ2) is 10.4. The van der Waals surface area contributed by atoms with Gasteiger partial charge in [0.15, 0.2) is 0 Å². The maximum absolute atomic E-state index is 13.2. The lowest BCUT2D eigenvalue weighted by Gasteiger charge is -2.31. The van der Waals surface area contributed by atoms with Crippen molar-refractivity contribution in [3.63, 3.8) is 0 Å². The lowest BCUT2D eigenvalue weighted by Crippen LogP contribution is -2.43. The van der Waals surface area contributed by atoms with Gasteiger partial charge in [-0.05, 0) is 48.7 Å². The molecule has 3 aromatic rings. The Kier molecular flexibility index (Phi) is 7.04. The van der Waals surface area contributed by atoms with Crippen LogP contribution in [0.1, 0.15) is 26.5 Å². The monoisotopic (exact) mass is 513 g/mol. The van der Waals surface area contributed by atoms with E-state index in [1.165, 1.54) is 17.5 Å². The summed E-state index contributed by atoms with van der Waals surface area (Å²) in [7, 11) is 0. The Hall–Kier alpha value is -3.28. The van der Waals surface area contributed by atoms with Gasteiger partial charge in [-0.2, -0.15) is 8.78 Å². The Labute approximate surface area is 212 Å². The number of carbonyl (C=O) groups is 1. The number of pyridine rings is 1. The van der Waals surface area contributed by atoms with Crippen molar-refractivity contribution in [2.24, 2.45) is 0 Å². The van der Waals surface area contributed by atoms with Gasteiger partial charge in [0.2, 0.25) is 0 Å². The second-order valence-corrected chi connectivity index (χ2v) is 9.92. The highest BCUT2D eigenvalue weighted by atomic mass is 32.1. The Morgan fingerprint density at radius 3 is 2.81 bits per heavy atom. The Balaban J connectivity index is 1.32. The van der Waals surface area contributed by atoms with Crippen LogP contribution in [0, 0.1) is 6.92 Å². The maximum Gasteiger partial charge on any atom is 0.327 e. The van der Waals surface area contributed by atoms with E-state index in [1.54, 1.807) is 0 Å². The third-order valence-electron chi connectivity index (χ3n) is 6.46. The van der Waals surface area contributed by atoms with Crippen LogP contribution in [-0.4, -0.2) is 61.7 Å². The molecule has 5 N–H and O–H groups in total. The molecule has 8 nitrogen and oxygen atoms in total. The van der Waals surface area contributed by atoms with Gasteiger partial charge in [-0.15, -0.1) is 11.3 Å². The lowest BCUT2D eigenvalue weighted by molar-refractivity contribution is -0.0170. The molecule has 0 radical (unpaired) electrons. The number of nitrogens with one attached hydrogen (secondary N) is 3. The van der Waals surface area contributed by atoms with E-state index in [4.69, 9.17) is 5.73 Å². The number of hydrazine groups is 1. The molecule has 1 saturated heterocycles. The van der Waals surface area contributed by atoms with Gasteiger partial charge < -0.3 is 21.3 Å². The number of aryl methyl sites for hydroxylation is 1. The smallest absolute Gasteiger partial charge is 0.327 e. The number of hydrogen-bond acceptors (Lipinski definition) is 8. The van der Waals surface area contributed by atoms with Crippen molar-refractivity contribution in [3.05, 3.63) is 58.2 Å². The number of thiophene rings is 1. The fraction of sp³-hybridized carbons (Fsp3) is 0.360. The molecule has 0 aliphatic carbocycles. The number of fused-ring (bicyclic) bond motifs is 1. The number of nitrogen functional groups attached to an aromatic ring is 1. The second-order valence-electron chi connectivity index (χ2n) is 8.92. The van der Waals surface area contributed by atoms with Gasteiger partial charge >= 0.3 is 6.55 Å². The van der Waals surface area contributed by atoms with E-state index >= 15 is 0 Å². The van der Waals surface area contributed by atoms with Crippen molar-refractivity contribution in [2.75, 3.05) is 49.9 Å². The quantitative estimate of drug-likeness (QED) is 0.361. The van der Waals surface area contributed by atoms with Crippen molar-refractivity contribution in [2.45, 2.75) is 19.9 Å². The minimum absolute atomic E-state index is 0.221. The maximum atomic E-state index is 13.2. The van der Waals surface area contributed by atoms with Gasteiger partial charge in [0.05, 0.1) is 5.69 Å². The fourth-order valence-corrected chi connectivity index (χ4v) is 5.62. The van der Waals surface area contributed by atoms with Crippen LogP contribution in [0.2, 0.25) is 0 Å². The molecule has 2 aromatic heterocycles. The van der Waals surface area contributed by atoms with E-state index in [0.717, 1.165) is 69.5 Å². The number of amides is 1. The number of nitrogens with zero attached hydrogens (tertiary/aromatic N) is 3. The van der Waals surface area contributed by atoms with Crippen LogP contribution < -0.4 is 26.7 Å². The zero-order chi connectivity index (χ0) is 25.2. The van der Waals surface area contributed by atoms with Gasteiger partial charge in [0, 0.05) is 67.8 Å². The number of aromatic nitrogens is 1. The summed E-state index contributed by atoms with van der Waals surface area (Å²) in [5.74, 6) is -0.221. The predicted octanol–water partition coefficient (Wildman–Crippen LogP) is 2.95. The van der Waals surface area contributed by atoms with Crippen LogP contribution >= 0.6 is 11.3 Å². The highest BCUT2D eigenvalue weighted by Gasteiger charge is 2.24. The number of benzene rings is 1. The molecule has 4 heterocycles. The summed E-state index contributed by atoms with van der Waals surface area (Å²) in [5, 5.41) is 7.94. The van der Waals surface area contributed by atoms with Crippen molar-refractivity contribution < 1.29 is 13.6 Å². The number of anilines is 2. The minimum Gasteiger partial charge on any atom is -0.397 e. The molecule has 0 unspecified atom stereocenters. The van der Waals surface area contributed by atoms with Crippen molar-refractivity contribution in [1.82, 2.24) is 26.1 Å². The van der Waals surface area contributed by atoms with Gasteiger partial charge in [0.1, 0.15) is 9.71 Å². The molecule has 36 heavy (non-hydrogen) atoms. The van der Waals surface area contributed by atoms with E-state index in [9.17, 15) is 13.6 Å². The molecule has 0 bridgehead atoms. The Morgan fingerprint density at radius 2 is 2.06 bits per heavy atom. The number of halogens is 2. The van der Waals surface area contributed by atoms with Crippen LogP contribution in [0.5, 0.6) is 0 Å². The molecular weight excluding hydrogens is 484 g/mol. The highest BCUT2D eigenvalue weighted by molar-refractivity contribution is 7.21. The van der Waals surface area contributed by atoms with E-state index in [-0.39, 0.29) is 5.91 Å². The zero-order valence-electron chi connectivity index (χ0n) is 20.0. The van der Waals surface area contributed by atoms with E-state index in [1.807, 2.05) is 31.2 Å². The summed E-state index contributed by atoms with van der Waals surface area (Å²) >= 11 is 1.29. The predicted molar refractivity (Wildman–Crippen MR) is 140 cm³/mol. The third kappa shape index (κ3) is 4.99. The fourth-order valence-electron chi connectivity index (χ4n) is 4.56. The first-order chi connectivity index (χ1) is 17.4. The molecule has 5 rings (SSSR count). The van der Waals surface area contributed by atoms with Gasteiger partial charge in [-0.1, -0.05) is 6.07 Å². The van der Waals surface area contributed by atoms with Crippen molar-refractivity contribution >= 4 is 44.4 Å². The summed E-state index contributed by atoms with van der Waals surface area (Å²) < 4.78 is 26.4. The normalized spacial score (nSPS) is 16.2. The van der Waals surface area contributed by atoms with Crippen LogP contribution in [0.15, 0.2) is 36.5 Å². The number of alkyl halides is 2. The average Bonchev–Trinajstić information content (AvgIpc) is 3.50. The average molecular weight is 514 g/mol. The first-order valence-corrected chi connectivity index (χ1v) is 12.8. The van der Waals surface area contributed by atoms with E-state index < -0.39 is 6.55 Å². The van der Waals surface area contributed by atoms with Gasteiger partial charge in [-0.3, -0.25) is 9.80 Å². The molecule has 0 saturated carbocycles. The summed E-state index contributed by atoms with van der Waals surface area (Å²) in [6.07, 6.45) is 2.08. The molecule has 11 heteroatoms. The molecule has 0 spiro atoms. The first-order valence-electron chi connectivity index (χ1n) is 11.9. The molecular formula is C25H29F2N7OS. The summed E-state index contributed by atoms with van der Waals surface area (Å²) in [6, 6.07) is 9.92. The molecule has 1 aromatic carbocycles. The zero-order valence-corrected chi connectivity index (χ0v) is 20.8. The van der Waals surface area contributed by atoms with Crippen LogP contribution in [0.4, 0.5) is 20.2 Å². The molecule has 0 atom stereocenters. The minimum atomic E-state index is -2.61. The molecule has 2 aliphatic heterocycles. The number of rotatable bonds is 7. The van der Waals surface area contributed by atoms with Crippen LogP contribution in [0.25, 0.3) is 15.8 Å².